The molecule has 0 aromatic heterocycles. The Morgan fingerprint density at radius 2 is 1.95 bits per heavy atom. The van der Waals surface area contributed by atoms with Gasteiger partial charge < -0.3 is 11.1 Å². The van der Waals surface area contributed by atoms with Gasteiger partial charge in [0.1, 0.15) is 0 Å². The van der Waals surface area contributed by atoms with Gasteiger partial charge in [-0.15, -0.1) is 0 Å². The largest absolute Gasteiger partial charge is 0.399 e. The molecule has 0 aliphatic carbocycles. The fraction of sp³-hybridized carbons (Fsp3) is 0.562. The van der Waals surface area contributed by atoms with E-state index in [0.29, 0.717) is 11.3 Å². The van der Waals surface area contributed by atoms with Crippen molar-refractivity contribution in [3.8, 4) is 0 Å². The molecule has 1 unspecified atom stereocenters. The van der Waals surface area contributed by atoms with Gasteiger partial charge in [0, 0.05) is 17.3 Å². The van der Waals surface area contributed by atoms with Crippen molar-refractivity contribution in [2.45, 2.75) is 58.9 Å². The van der Waals surface area contributed by atoms with Crippen LogP contribution in [0, 0.1) is 6.92 Å². The average molecular weight is 262 g/mol. The lowest BCUT2D eigenvalue weighted by Crippen LogP contribution is -2.34. The van der Waals surface area contributed by atoms with Crippen LogP contribution in [-0.4, -0.2) is 11.9 Å². The van der Waals surface area contributed by atoms with Crippen LogP contribution in [0.25, 0.3) is 0 Å². The highest BCUT2D eigenvalue weighted by Gasteiger charge is 2.13. The normalized spacial score (nSPS) is 12.2. The number of nitrogens with one attached hydrogen (secondary N) is 1. The van der Waals surface area contributed by atoms with Gasteiger partial charge >= 0.3 is 0 Å². The number of benzene rings is 1. The van der Waals surface area contributed by atoms with Gasteiger partial charge in [-0.25, -0.2) is 0 Å². The van der Waals surface area contributed by atoms with Crippen LogP contribution in [0.4, 0.5) is 5.69 Å². The molecular formula is C16H26N2O. The molecule has 0 saturated carbocycles. The van der Waals surface area contributed by atoms with Gasteiger partial charge in [0.15, 0.2) is 0 Å². The second-order valence-corrected chi connectivity index (χ2v) is 5.23. The number of carbonyl (C=O) groups is 1. The van der Waals surface area contributed by atoms with Gasteiger partial charge in [0.25, 0.3) is 5.91 Å². The molecule has 3 N–H and O–H groups in total. The summed E-state index contributed by atoms with van der Waals surface area (Å²) in [6.45, 7) is 6.27. The third-order valence-electron chi connectivity index (χ3n) is 3.24. The van der Waals surface area contributed by atoms with Crippen molar-refractivity contribution in [2.24, 2.45) is 0 Å². The van der Waals surface area contributed by atoms with Crippen molar-refractivity contribution >= 4 is 11.6 Å². The number of amides is 1. The van der Waals surface area contributed by atoms with Crippen molar-refractivity contribution in [3.05, 3.63) is 29.3 Å². The molecule has 1 aromatic carbocycles. The number of rotatable bonds is 7. The summed E-state index contributed by atoms with van der Waals surface area (Å²) in [4.78, 5) is 12.2. The standard InChI is InChI=1S/C16H26N2O/c1-4-6-8-15(7-5-2)18-16(19)13-9-12(3)10-14(17)11-13/h9-11,15H,4-8,17H2,1-3H3,(H,18,19). The highest BCUT2D eigenvalue weighted by atomic mass is 16.1. The van der Waals surface area contributed by atoms with Gasteiger partial charge in [0.05, 0.1) is 0 Å². The Hall–Kier alpha value is -1.51. The smallest absolute Gasteiger partial charge is 0.251 e. The minimum absolute atomic E-state index is 0.00930. The fourth-order valence-corrected chi connectivity index (χ4v) is 2.30. The summed E-state index contributed by atoms with van der Waals surface area (Å²) in [6.07, 6.45) is 5.49. The topological polar surface area (TPSA) is 55.1 Å². The molecule has 19 heavy (non-hydrogen) atoms. The van der Waals surface area contributed by atoms with Crippen molar-refractivity contribution in [1.29, 1.82) is 0 Å². The van der Waals surface area contributed by atoms with Crippen LogP contribution in [0.3, 0.4) is 0 Å². The molecule has 0 saturated heterocycles. The van der Waals surface area contributed by atoms with E-state index in [2.05, 4.69) is 19.2 Å². The highest BCUT2D eigenvalue weighted by molar-refractivity contribution is 5.95. The summed E-state index contributed by atoms with van der Waals surface area (Å²) >= 11 is 0. The van der Waals surface area contributed by atoms with Crippen LogP contribution in [0.1, 0.15) is 61.9 Å². The molecule has 106 valence electrons. The second-order valence-electron chi connectivity index (χ2n) is 5.23. The van der Waals surface area contributed by atoms with Crippen LogP contribution < -0.4 is 11.1 Å². The Kier molecular flexibility index (Phi) is 6.40. The number of anilines is 1. The van der Waals surface area contributed by atoms with E-state index in [1.54, 1.807) is 6.07 Å². The van der Waals surface area contributed by atoms with E-state index in [1.807, 2.05) is 19.1 Å². The van der Waals surface area contributed by atoms with Crippen LogP contribution in [-0.2, 0) is 0 Å². The summed E-state index contributed by atoms with van der Waals surface area (Å²) in [5.74, 6) is -0.00930. The maximum absolute atomic E-state index is 12.2. The van der Waals surface area contributed by atoms with E-state index in [1.165, 1.54) is 0 Å². The summed E-state index contributed by atoms with van der Waals surface area (Å²) in [6, 6.07) is 5.77. The first-order chi connectivity index (χ1) is 9.06. The molecule has 1 rings (SSSR count). The lowest BCUT2D eigenvalue weighted by molar-refractivity contribution is 0.0932. The average Bonchev–Trinajstić information content (AvgIpc) is 2.35. The molecule has 3 heteroatoms. The molecule has 3 nitrogen and oxygen atoms in total. The number of hydrogen-bond donors (Lipinski definition) is 2. The van der Waals surface area contributed by atoms with Crippen molar-refractivity contribution in [2.75, 3.05) is 5.73 Å². The first kappa shape index (κ1) is 15.5. The van der Waals surface area contributed by atoms with Crippen LogP contribution in [0.15, 0.2) is 18.2 Å². The summed E-state index contributed by atoms with van der Waals surface area (Å²) in [5, 5.41) is 3.13. The summed E-state index contributed by atoms with van der Waals surface area (Å²) in [5.41, 5.74) is 8.11. The van der Waals surface area contributed by atoms with Crippen molar-refractivity contribution in [1.82, 2.24) is 5.32 Å². The first-order valence-corrected chi connectivity index (χ1v) is 7.24. The Morgan fingerprint density at radius 3 is 2.53 bits per heavy atom. The van der Waals surface area contributed by atoms with Crippen LogP contribution >= 0.6 is 0 Å². The lowest BCUT2D eigenvalue weighted by atomic mass is 10.0. The van der Waals surface area contributed by atoms with Gasteiger partial charge in [-0.3, -0.25) is 4.79 Å². The predicted molar refractivity (Wildman–Crippen MR) is 81.3 cm³/mol. The van der Waals surface area contributed by atoms with Crippen molar-refractivity contribution in [3.63, 3.8) is 0 Å². The van der Waals surface area contributed by atoms with E-state index in [0.717, 1.165) is 37.7 Å². The number of carbonyl (C=O) groups excluding carboxylic acids is 1. The van der Waals surface area contributed by atoms with E-state index in [-0.39, 0.29) is 11.9 Å². The Labute approximate surface area is 116 Å². The molecule has 1 amide bonds. The molecule has 0 aliphatic rings. The second kappa shape index (κ2) is 7.82. The third-order valence-corrected chi connectivity index (χ3v) is 3.24. The zero-order valence-corrected chi connectivity index (χ0v) is 12.3. The van der Waals surface area contributed by atoms with E-state index >= 15 is 0 Å². The molecule has 0 spiro atoms. The lowest BCUT2D eigenvalue weighted by Gasteiger charge is -2.18. The minimum Gasteiger partial charge on any atom is -0.399 e. The molecule has 0 radical (unpaired) electrons. The SMILES string of the molecule is CCCCC(CCC)NC(=O)c1cc(C)cc(N)c1. The monoisotopic (exact) mass is 262 g/mol. The number of nitrogen functional groups attached to an aromatic ring is 1. The van der Waals surface area contributed by atoms with Crippen molar-refractivity contribution < 1.29 is 4.79 Å². The van der Waals surface area contributed by atoms with E-state index < -0.39 is 0 Å². The minimum atomic E-state index is -0.00930. The van der Waals surface area contributed by atoms with E-state index in [9.17, 15) is 4.79 Å². The maximum atomic E-state index is 12.2. The number of aryl methyl sites for hydroxylation is 1. The zero-order chi connectivity index (χ0) is 14.3. The van der Waals surface area contributed by atoms with E-state index in [4.69, 9.17) is 5.73 Å². The maximum Gasteiger partial charge on any atom is 0.251 e. The number of hydrogen-bond acceptors (Lipinski definition) is 2. The molecule has 0 aliphatic heterocycles. The van der Waals surface area contributed by atoms with Crippen LogP contribution in [0.2, 0.25) is 0 Å². The fourth-order valence-electron chi connectivity index (χ4n) is 2.30. The molecular weight excluding hydrogens is 236 g/mol. The first-order valence-electron chi connectivity index (χ1n) is 7.24. The zero-order valence-electron chi connectivity index (χ0n) is 12.3. The quantitative estimate of drug-likeness (QED) is 0.737. The number of nitrogens with two attached hydrogens (primary N) is 1. The Morgan fingerprint density at radius 1 is 1.21 bits per heavy atom. The number of unbranched alkanes of at least 4 members (excludes halogenated alkanes) is 1. The predicted octanol–water partition coefficient (Wildman–Crippen LogP) is 3.67. The summed E-state index contributed by atoms with van der Waals surface area (Å²) in [7, 11) is 0. The van der Waals surface area contributed by atoms with Gasteiger partial charge in [-0.05, 0) is 43.5 Å². The molecule has 0 fully saturated rings. The molecule has 0 bridgehead atoms. The molecule has 1 aromatic rings. The molecule has 1 atom stereocenters. The Bertz CT molecular complexity index is 395. The highest BCUT2D eigenvalue weighted by Crippen LogP contribution is 2.13. The Balaban J connectivity index is 2.69. The summed E-state index contributed by atoms with van der Waals surface area (Å²) < 4.78 is 0. The molecule has 0 heterocycles. The third kappa shape index (κ3) is 5.33. The van der Waals surface area contributed by atoms with Gasteiger partial charge in [-0.2, -0.15) is 0 Å². The van der Waals surface area contributed by atoms with Gasteiger partial charge in [-0.1, -0.05) is 33.1 Å². The van der Waals surface area contributed by atoms with Crippen LogP contribution in [0.5, 0.6) is 0 Å². The van der Waals surface area contributed by atoms with Gasteiger partial charge in [0.2, 0.25) is 0 Å².